The SMILES string of the molecule is C=CCN(CC=C)C1=C(NC(C)=O)C(=O)c2ccccc2C1=O. The van der Waals surface area contributed by atoms with Crippen LogP contribution < -0.4 is 5.32 Å². The molecule has 0 aliphatic heterocycles. The van der Waals surface area contributed by atoms with Crippen LogP contribution in [0, 0.1) is 0 Å². The first-order valence-electron chi connectivity index (χ1n) is 7.18. The Morgan fingerprint density at radius 3 is 2.09 bits per heavy atom. The van der Waals surface area contributed by atoms with E-state index in [4.69, 9.17) is 0 Å². The summed E-state index contributed by atoms with van der Waals surface area (Å²) in [5, 5.41) is 2.51. The highest BCUT2D eigenvalue weighted by Gasteiger charge is 2.35. The van der Waals surface area contributed by atoms with Gasteiger partial charge in [-0.05, 0) is 0 Å². The van der Waals surface area contributed by atoms with Gasteiger partial charge in [0, 0.05) is 31.1 Å². The molecule has 0 heterocycles. The minimum absolute atomic E-state index is 0.00454. The lowest BCUT2D eigenvalue weighted by Gasteiger charge is -2.29. The van der Waals surface area contributed by atoms with Crippen molar-refractivity contribution in [3.63, 3.8) is 0 Å². The van der Waals surface area contributed by atoms with E-state index in [-0.39, 0.29) is 23.0 Å². The first-order chi connectivity index (χ1) is 11.0. The summed E-state index contributed by atoms with van der Waals surface area (Å²) in [7, 11) is 0. The fourth-order valence-corrected chi connectivity index (χ4v) is 2.52. The topological polar surface area (TPSA) is 66.5 Å². The molecule has 1 N–H and O–H groups in total. The van der Waals surface area contributed by atoms with E-state index in [0.29, 0.717) is 24.2 Å². The van der Waals surface area contributed by atoms with Crippen molar-refractivity contribution in [3.8, 4) is 0 Å². The zero-order valence-electron chi connectivity index (χ0n) is 13.0. The molecule has 0 saturated heterocycles. The van der Waals surface area contributed by atoms with E-state index < -0.39 is 5.91 Å². The Morgan fingerprint density at radius 2 is 1.61 bits per heavy atom. The average molecular weight is 310 g/mol. The molecule has 1 aromatic carbocycles. The van der Waals surface area contributed by atoms with Crippen LogP contribution in [0.3, 0.4) is 0 Å². The third kappa shape index (κ3) is 3.13. The van der Waals surface area contributed by atoms with Crippen LogP contribution in [0.1, 0.15) is 27.6 Å². The molecule has 0 atom stereocenters. The standard InChI is InChI=1S/C18H18N2O3/c1-4-10-20(11-5-2)16-15(19-12(3)21)17(22)13-8-6-7-9-14(13)18(16)23/h4-9H,1-2,10-11H2,3H3,(H,19,21). The second-order valence-electron chi connectivity index (χ2n) is 5.09. The van der Waals surface area contributed by atoms with Crippen molar-refractivity contribution in [2.45, 2.75) is 6.92 Å². The van der Waals surface area contributed by atoms with Gasteiger partial charge >= 0.3 is 0 Å². The van der Waals surface area contributed by atoms with Crippen molar-refractivity contribution in [2.75, 3.05) is 13.1 Å². The summed E-state index contributed by atoms with van der Waals surface area (Å²) in [6.07, 6.45) is 3.25. The molecule has 0 fully saturated rings. The van der Waals surface area contributed by atoms with Crippen LogP contribution in [-0.2, 0) is 4.79 Å². The van der Waals surface area contributed by atoms with Crippen LogP contribution in [0.2, 0.25) is 0 Å². The number of fused-ring (bicyclic) bond motifs is 1. The van der Waals surface area contributed by atoms with Crippen molar-refractivity contribution >= 4 is 17.5 Å². The van der Waals surface area contributed by atoms with Crippen molar-refractivity contribution in [3.05, 3.63) is 72.1 Å². The lowest BCUT2D eigenvalue weighted by atomic mass is 9.89. The third-order valence-electron chi connectivity index (χ3n) is 3.41. The molecule has 0 radical (unpaired) electrons. The number of nitrogens with one attached hydrogen (secondary N) is 1. The van der Waals surface area contributed by atoms with Gasteiger partial charge < -0.3 is 10.2 Å². The second kappa shape index (κ2) is 6.87. The van der Waals surface area contributed by atoms with Gasteiger partial charge in [0.25, 0.3) is 0 Å². The van der Waals surface area contributed by atoms with E-state index in [9.17, 15) is 14.4 Å². The molecule has 1 aliphatic carbocycles. The number of hydrogen-bond acceptors (Lipinski definition) is 4. The first kappa shape index (κ1) is 16.4. The summed E-state index contributed by atoms with van der Waals surface area (Å²) in [6, 6.07) is 6.58. The van der Waals surface area contributed by atoms with Crippen molar-refractivity contribution < 1.29 is 14.4 Å². The highest BCUT2D eigenvalue weighted by atomic mass is 16.2. The van der Waals surface area contributed by atoms with Crippen LogP contribution in [0.25, 0.3) is 0 Å². The zero-order chi connectivity index (χ0) is 17.0. The maximum absolute atomic E-state index is 12.9. The van der Waals surface area contributed by atoms with E-state index in [1.807, 2.05) is 0 Å². The number of amides is 1. The van der Waals surface area contributed by atoms with Crippen LogP contribution in [0.5, 0.6) is 0 Å². The summed E-state index contributed by atoms with van der Waals surface area (Å²) in [6.45, 7) is 9.35. The van der Waals surface area contributed by atoms with E-state index in [1.165, 1.54) is 6.92 Å². The molecule has 118 valence electrons. The minimum atomic E-state index is -0.407. The number of carbonyl (C=O) groups is 3. The van der Waals surface area contributed by atoms with Crippen molar-refractivity contribution in [1.29, 1.82) is 0 Å². The van der Waals surface area contributed by atoms with Gasteiger partial charge in [0.15, 0.2) is 0 Å². The Kier molecular flexibility index (Phi) is 4.91. The van der Waals surface area contributed by atoms with E-state index in [1.54, 1.807) is 41.3 Å². The molecule has 0 aromatic heterocycles. The second-order valence-corrected chi connectivity index (χ2v) is 5.09. The number of rotatable bonds is 6. The van der Waals surface area contributed by atoms with E-state index in [0.717, 1.165) is 0 Å². The average Bonchev–Trinajstić information content (AvgIpc) is 2.52. The zero-order valence-corrected chi connectivity index (χ0v) is 13.0. The monoisotopic (exact) mass is 310 g/mol. The highest BCUT2D eigenvalue weighted by molar-refractivity contribution is 6.27. The van der Waals surface area contributed by atoms with Crippen molar-refractivity contribution in [1.82, 2.24) is 10.2 Å². The van der Waals surface area contributed by atoms with Gasteiger partial charge in [0.2, 0.25) is 17.5 Å². The molecule has 1 amide bonds. The van der Waals surface area contributed by atoms with E-state index in [2.05, 4.69) is 18.5 Å². The van der Waals surface area contributed by atoms with Crippen molar-refractivity contribution in [2.24, 2.45) is 0 Å². The Balaban J connectivity index is 2.65. The van der Waals surface area contributed by atoms with Crippen LogP contribution >= 0.6 is 0 Å². The van der Waals surface area contributed by atoms with E-state index >= 15 is 0 Å². The number of Topliss-reactive ketones (excluding diaryl/α,β-unsaturated/α-hetero) is 2. The summed E-state index contributed by atoms with van der Waals surface area (Å²) in [5.41, 5.74) is 0.801. The summed E-state index contributed by atoms with van der Waals surface area (Å²) >= 11 is 0. The van der Waals surface area contributed by atoms with Gasteiger partial charge in [-0.1, -0.05) is 36.4 Å². The Morgan fingerprint density at radius 1 is 1.09 bits per heavy atom. The first-order valence-corrected chi connectivity index (χ1v) is 7.18. The molecular formula is C18H18N2O3. The van der Waals surface area contributed by atoms with Crippen LogP contribution in [0.4, 0.5) is 0 Å². The lowest BCUT2D eigenvalue weighted by Crippen LogP contribution is -2.40. The van der Waals surface area contributed by atoms with Gasteiger partial charge in [-0.15, -0.1) is 13.2 Å². The normalized spacial score (nSPS) is 13.4. The van der Waals surface area contributed by atoms with Crippen LogP contribution in [-0.4, -0.2) is 35.5 Å². The van der Waals surface area contributed by atoms with Gasteiger partial charge in [0.05, 0.1) is 0 Å². The van der Waals surface area contributed by atoms with Gasteiger partial charge in [0.1, 0.15) is 11.4 Å². The number of benzene rings is 1. The molecule has 1 aliphatic rings. The highest BCUT2D eigenvalue weighted by Crippen LogP contribution is 2.27. The molecule has 2 rings (SSSR count). The minimum Gasteiger partial charge on any atom is -0.359 e. The number of ketones is 2. The summed E-state index contributed by atoms with van der Waals surface area (Å²) < 4.78 is 0. The molecule has 0 bridgehead atoms. The molecule has 0 spiro atoms. The number of nitrogens with zero attached hydrogens (tertiary/aromatic N) is 1. The Labute approximate surface area is 135 Å². The smallest absolute Gasteiger partial charge is 0.221 e. The summed E-state index contributed by atoms with van der Waals surface area (Å²) in [5.74, 6) is -1.08. The molecular weight excluding hydrogens is 292 g/mol. The summed E-state index contributed by atoms with van der Waals surface area (Å²) in [4.78, 5) is 38.8. The number of hydrogen-bond donors (Lipinski definition) is 1. The number of allylic oxidation sites excluding steroid dienone is 2. The molecule has 0 unspecified atom stereocenters. The Bertz CT molecular complexity index is 722. The maximum atomic E-state index is 12.9. The lowest BCUT2D eigenvalue weighted by molar-refractivity contribution is -0.118. The van der Waals surface area contributed by atoms with Crippen LogP contribution in [0.15, 0.2) is 61.0 Å². The predicted molar refractivity (Wildman–Crippen MR) is 87.9 cm³/mol. The fraction of sp³-hybridized carbons (Fsp3) is 0.167. The Hall–Kier alpha value is -2.95. The number of carbonyl (C=O) groups excluding carboxylic acids is 3. The predicted octanol–water partition coefficient (Wildman–Crippen LogP) is 2.09. The molecule has 5 heteroatoms. The molecule has 5 nitrogen and oxygen atoms in total. The third-order valence-corrected chi connectivity index (χ3v) is 3.41. The van der Waals surface area contributed by atoms with Gasteiger partial charge in [-0.2, -0.15) is 0 Å². The molecule has 23 heavy (non-hydrogen) atoms. The maximum Gasteiger partial charge on any atom is 0.221 e. The molecule has 1 aromatic rings. The fourth-order valence-electron chi connectivity index (χ4n) is 2.52. The largest absolute Gasteiger partial charge is 0.359 e. The molecule has 0 saturated carbocycles. The van der Waals surface area contributed by atoms with Gasteiger partial charge in [-0.25, -0.2) is 0 Å². The quantitative estimate of drug-likeness (QED) is 0.817. The van der Waals surface area contributed by atoms with Gasteiger partial charge in [-0.3, -0.25) is 14.4 Å².